The van der Waals surface area contributed by atoms with E-state index in [-0.39, 0.29) is 19.0 Å². The third-order valence-electron chi connectivity index (χ3n) is 4.18. The van der Waals surface area contributed by atoms with Gasteiger partial charge in [-0.1, -0.05) is 18.2 Å². The van der Waals surface area contributed by atoms with Gasteiger partial charge in [0.15, 0.2) is 0 Å². The molecule has 2 N–H and O–H groups in total. The van der Waals surface area contributed by atoms with Gasteiger partial charge >= 0.3 is 0 Å². The summed E-state index contributed by atoms with van der Waals surface area (Å²) in [4.78, 5) is 25.9. The zero-order chi connectivity index (χ0) is 17.9. The molecule has 1 heterocycles. The molecule has 1 aliphatic heterocycles. The van der Waals surface area contributed by atoms with Crippen molar-refractivity contribution in [3.05, 3.63) is 29.3 Å². The van der Waals surface area contributed by atoms with Gasteiger partial charge in [0.25, 0.3) is 5.92 Å². The van der Waals surface area contributed by atoms with Crippen LogP contribution in [-0.4, -0.2) is 48.3 Å². The lowest BCUT2D eigenvalue weighted by atomic mass is 10.1. The van der Waals surface area contributed by atoms with E-state index in [2.05, 4.69) is 10.6 Å². The second kappa shape index (κ2) is 7.25. The minimum absolute atomic E-state index is 0.160. The van der Waals surface area contributed by atoms with Crippen LogP contribution < -0.4 is 10.6 Å². The number of anilines is 1. The molecular weight excluding hydrogens is 316 g/mol. The van der Waals surface area contributed by atoms with Gasteiger partial charge in [0.1, 0.15) is 0 Å². The van der Waals surface area contributed by atoms with Crippen molar-refractivity contribution in [3.63, 3.8) is 0 Å². The molecule has 0 aromatic heterocycles. The number of rotatable bonds is 5. The first-order valence-electron chi connectivity index (χ1n) is 7.99. The summed E-state index contributed by atoms with van der Waals surface area (Å²) in [6.07, 6.45) is -0.527. The molecule has 2 amide bonds. The van der Waals surface area contributed by atoms with Crippen LogP contribution in [0.25, 0.3) is 0 Å². The first-order chi connectivity index (χ1) is 11.2. The Morgan fingerprint density at radius 1 is 1.33 bits per heavy atom. The van der Waals surface area contributed by atoms with E-state index >= 15 is 0 Å². The average molecular weight is 339 g/mol. The summed E-state index contributed by atoms with van der Waals surface area (Å²) in [6.45, 7) is 5.11. The lowest BCUT2D eigenvalue weighted by Gasteiger charge is -2.24. The predicted molar refractivity (Wildman–Crippen MR) is 88.2 cm³/mol. The SMILES string of the molecule is CCN(CC(=O)Nc1c(C)cccc1C)C(=O)C1CC(F)(F)CN1. The van der Waals surface area contributed by atoms with E-state index in [1.165, 1.54) is 4.90 Å². The Labute approximate surface area is 140 Å². The second-order valence-electron chi connectivity index (χ2n) is 6.16. The van der Waals surface area contributed by atoms with Crippen molar-refractivity contribution < 1.29 is 18.4 Å². The van der Waals surface area contributed by atoms with Crippen molar-refractivity contribution in [2.75, 3.05) is 25.0 Å². The van der Waals surface area contributed by atoms with Crippen LogP contribution in [0.5, 0.6) is 0 Å². The minimum atomic E-state index is -2.87. The number of alkyl halides is 2. The third-order valence-corrected chi connectivity index (χ3v) is 4.18. The molecule has 5 nitrogen and oxygen atoms in total. The summed E-state index contributed by atoms with van der Waals surface area (Å²) in [6, 6.07) is 4.73. The summed E-state index contributed by atoms with van der Waals surface area (Å²) in [5.74, 6) is -3.68. The number of likely N-dealkylation sites (N-methyl/N-ethyl adjacent to an activating group) is 1. The predicted octanol–water partition coefficient (Wildman–Crippen LogP) is 2.09. The van der Waals surface area contributed by atoms with Crippen LogP contribution in [0.4, 0.5) is 14.5 Å². The molecule has 0 radical (unpaired) electrons. The molecule has 1 aromatic rings. The van der Waals surface area contributed by atoms with E-state index in [1.54, 1.807) is 6.92 Å². The molecule has 1 fully saturated rings. The van der Waals surface area contributed by atoms with E-state index in [9.17, 15) is 18.4 Å². The monoisotopic (exact) mass is 339 g/mol. The number of carbonyl (C=O) groups excluding carboxylic acids is 2. The third kappa shape index (κ3) is 4.29. The van der Waals surface area contributed by atoms with Gasteiger partial charge in [0.2, 0.25) is 11.8 Å². The first kappa shape index (κ1) is 18.3. The van der Waals surface area contributed by atoms with Crippen molar-refractivity contribution in [1.82, 2.24) is 10.2 Å². The normalized spacial score (nSPS) is 19.1. The maximum Gasteiger partial charge on any atom is 0.262 e. The molecule has 1 unspecified atom stereocenters. The number of para-hydroxylation sites is 1. The van der Waals surface area contributed by atoms with Gasteiger partial charge in [-0.25, -0.2) is 8.78 Å². The fourth-order valence-electron chi connectivity index (χ4n) is 2.82. The summed E-state index contributed by atoms with van der Waals surface area (Å²) < 4.78 is 26.5. The van der Waals surface area contributed by atoms with E-state index < -0.39 is 30.8 Å². The summed E-state index contributed by atoms with van der Waals surface area (Å²) in [5, 5.41) is 5.33. The Morgan fingerprint density at radius 2 is 1.96 bits per heavy atom. The molecule has 0 aliphatic carbocycles. The standard InChI is InChI=1S/C17H23F2N3O2/c1-4-22(16(24)13-8-17(18,19)10-20-13)9-14(23)21-15-11(2)6-5-7-12(15)3/h5-7,13,20H,4,8-10H2,1-3H3,(H,21,23). The van der Waals surface area contributed by atoms with Crippen LogP contribution in [0.1, 0.15) is 24.5 Å². The van der Waals surface area contributed by atoms with E-state index in [0.29, 0.717) is 0 Å². The van der Waals surface area contributed by atoms with Gasteiger partial charge < -0.3 is 10.2 Å². The molecule has 1 aliphatic rings. The number of halogens is 2. The number of hydrogen-bond acceptors (Lipinski definition) is 3. The lowest BCUT2D eigenvalue weighted by molar-refractivity contribution is -0.136. The highest BCUT2D eigenvalue weighted by Crippen LogP contribution is 2.26. The second-order valence-corrected chi connectivity index (χ2v) is 6.16. The Morgan fingerprint density at radius 3 is 2.46 bits per heavy atom. The fourth-order valence-corrected chi connectivity index (χ4v) is 2.82. The lowest BCUT2D eigenvalue weighted by Crippen LogP contribution is -2.46. The van der Waals surface area contributed by atoms with E-state index in [4.69, 9.17) is 0 Å². The molecule has 0 saturated carbocycles. The molecule has 1 atom stereocenters. The van der Waals surface area contributed by atoms with Gasteiger partial charge in [0.05, 0.1) is 19.1 Å². The van der Waals surface area contributed by atoms with Crippen LogP contribution in [0.2, 0.25) is 0 Å². The Balaban J connectivity index is 1.99. The van der Waals surface area contributed by atoms with Crippen LogP contribution in [0.15, 0.2) is 18.2 Å². The highest BCUT2D eigenvalue weighted by molar-refractivity contribution is 5.96. The maximum atomic E-state index is 13.2. The average Bonchev–Trinajstić information content (AvgIpc) is 2.88. The Kier molecular flexibility index (Phi) is 5.54. The highest BCUT2D eigenvalue weighted by Gasteiger charge is 2.43. The van der Waals surface area contributed by atoms with Crippen LogP contribution in [-0.2, 0) is 9.59 Å². The number of amides is 2. The van der Waals surface area contributed by atoms with Gasteiger partial charge in [-0.3, -0.25) is 14.9 Å². The van der Waals surface area contributed by atoms with Crippen LogP contribution in [0.3, 0.4) is 0 Å². The van der Waals surface area contributed by atoms with Gasteiger partial charge in [-0.05, 0) is 31.9 Å². The van der Waals surface area contributed by atoms with Crippen molar-refractivity contribution in [2.24, 2.45) is 0 Å². The van der Waals surface area contributed by atoms with Crippen LogP contribution in [0, 0.1) is 13.8 Å². The molecule has 0 spiro atoms. The molecular formula is C17H23F2N3O2. The molecule has 2 rings (SSSR count). The Bertz CT molecular complexity index is 614. The largest absolute Gasteiger partial charge is 0.332 e. The van der Waals surface area contributed by atoms with Gasteiger partial charge in [0, 0.05) is 18.7 Å². The topological polar surface area (TPSA) is 61.4 Å². The molecule has 7 heteroatoms. The number of benzene rings is 1. The van der Waals surface area contributed by atoms with Crippen molar-refractivity contribution in [3.8, 4) is 0 Å². The maximum absolute atomic E-state index is 13.2. The van der Waals surface area contributed by atoms with E-state index in [1.807, 2.05) is 32.0 Å². The number of nitrogens with zero attached hydrogens (tertiary/aromatic N) is 1. The van der Waals surface area contributed by atoms with Gasteiger partial charge in [-0.2, -0.15) is 0 Å². The minimum Gasteiger partial charge on any atom is -0.332 e. The van der Waals surface area contributed by atoms with E-state index in [0.717, 1.165) is 16.8 Å². The molecule has 24 heavy (non-hydrogen) atoms. The summed E-state index contributed by atoms with van der Waals surface area (Å²) in [7, 11) is 0. The van der Waals surface area contributed by atoms with Crippen LogP contribution >= 0.6 is 0 Å². The van der Waals surface area contributed by atoms with Crippen molar-refractivity contribution in [1.29, 1.82) is 0 Å². The number of nitrogens with one attached hydrogen (secondary N) is 2. The summed E-state index contributed by atoms with van der Waals surface area (Å²) >= 11 is 0. The Hall–Kier alpha value is -2.02. The first-order valence-corrected chi connectivity index (χ1v) is 7.99. The smallest absolute Gasteiger partial charge is 0.262 e. The summed E-state index contributed by atoms with van der Waals surface area (Å²) in [5.41, 5.74) is 2.57. The number of hydrogen-bond donors (Lipinski definition) is 2. The molecule has 132 valence electrons. The number of aryl methyl sites for hydroxylation is 2. The molecule has 1 aromatic carbocycles. The fraction of sp³-hybridized carbons (Fsp3) is 0.529. The van der Waals surface area contributed by atoms with Gasteiger partial charge in [-0.15, -0.1) is 0 Å². The van der Waals surface area contributed by atoms with Crippen molar-refractivity contribution >= 4 is 17.5 Å². The zero-order valence-electron chi connectivity index (χ0n) is 14.2. The van der Waals surface area contributed by atoms with Crippen molar-refractivity contribution in [2.45, 2.75) is 39.2 Å². The zero-order valence-corrected chi connectivity index (χ0v) is 14.2. The highest BCUT2D eigenvalue weighted by atomic mass is 19.3. The quantitative estimate of drug-likeness (QED) is 0.863. The molecule has 1 saturated heterocycles. The number of carbonyl (C=O) groups is 2. The molecule has 0 bridgehead atoms.